The molecule has 1 unspecified atom stereocenters. The zero-order valence-corrected chi connectivity index (χ0v) is 14.6. The highest BCUT2D eigenvalue weighted by atomic mass is 19.1. The van der Waals surface area contributed by atoms with Gasteiger partial charge in [-0.05, 0) is 38.0 Å². The summed E-state index contributed by atoms with van der Waals surface area (Å²) in [5.74, 6) is -0.173. The molecule has 1 atom stereocenters. The molecule has 3 aromatic rings. The van der Waals surface area contributed by atoms with Gasteiger partial charge in [0.1, 0.15) is 11.9 Å². The predicted octanol–water partition coefficient (Wildman–Crippen LogP) is 3.23. The number of nitriles is 1. The number of aromatic nitrogens is 4. The molecule has 27 heavy (non-hydrogen) atoms. The van der Waals surface area contributed by atoms with Gasteiger partial charge in [-0.1, -0.05) is 0 Å². The first-order valence-electron chi connectivity index (χ1n) is 8.66. The van der Waals surface area contributed by atoms with Crippen LogP contribution in [0.25, 0.3) is 5.69 Å². The second-order valence-electron chi connectivity index (χ2n) is 6.69. The van der Waals surface area contributed by atoms with Crippen LogP contribution < -0.4 is 5.32 Å². The Kier molecular flexibility index (Phi) is 4.20. The highest BCUT2D eigenvalue weighted by molar-refractivity contribution is 5.94. The lowest BCUT2D eigenvalue weighted by Crippen LogP contribution is -2.18. The second-order valence-corrected chi connectivity index (χ2v) is 6.69. The third kappa shape index (κ3) is 3.44. The molecule has 1 aliphatic carbocycles. The lowest BCUT2D eigenvalue weighted by molar-refractivity contribution is -0.117. The Bertz CT molecular complexity index is 1040. The molecule has 2 heterocycles. The van der Waals surface area contributed by atoms with Crippen LogP contribution in [-0.4, -0.2) is 25.9 Å². The maximum Gasteiger partial charge on any atom is 0.232 e. The number of rotatable bonds is 5. The number of nitrogens with one attached hydrogen (secondary N) is 2. The number of hydrogen-bond acceptors (Lipinski definition) is 4. The fraction of sp³-hybridized carbons (Fsp3) is 0.263. The van der Waals surface area contributed by atoms with Crippen molar-refractivity contribution in [2.24, 2.45) is 0 Å². The summed E-state index contributed by atoms with van der Waals surface area (Å²) in [4.78, 5) is 12.5. The van der Waals surface area contributed by atoms with Crippen molar-refractivity contribution in [3.63, 3.8) is 0 Å². The Morgan fingerprint density at radius 1 is 1.44 bits per heavy atom. The lowest BCUT2D eigenvalue weighted by atomic mass is 10.0. The van der Waals surface area contributed by atoms with Crippen molar-refractivity contribution in [1.82, 2.24) is 20.0 Å². The van der Waals surface area contributed by atoms with E-state index in [-0.39, 0.29) is 11.5 Å². The lowest BCUT2D eigenvalue weighted by Gasteiger charge is -2.08. The van der Waals surface area contributed by atoms with Crippen LogP contribution in [0.3, 0.4) is 0 Å². The number of benzene rings is 1. The zero-order valence-electron chi connectivity index (χ0n) is 14.6. The van der Waals surface area contributed by atoms with Gasteiger partial charge in [-0.2, -0.15) is 15.5 Å². The van der Waals surface area contributed by atoms with E-state index >= 15 is 0 Å². The van der Waals surface area contributed by atoms with E-state index in [9.17, 15) is 9.18 Å². The molecule has 7 nitrogen and oxygen atoms in total. The van der Waals surface area contributed by atoms with Gasteiger partial charge in [-0.25, -0.2) is 9.07 Å². The van der Waals surface area contributed by atoms with Crippen molar-refractivity contribution in [2.45, 2.75) is 31.6 Å². The van der Waals surface area contributed by atoms with Crippen molar-refractivity contribution in [1.29, 1.82) is 5.26 Å². The minimum atomic E-state index is -0.578. The number of H-pyrrole nitrogens is 1. The van der Waals surface area contributed by atoms with Crippen LogP contribution >= 0.6 is 0 Å². The van der Waals surface area contributed by atoms with E-state index in [0.717, 1.165) is 18.5 Å². The third-order valence-electron chi connectivity index (χ3n) is 4.70. The van der Waals surface area contributed by atoms with Gasteiger partial charge >= 0.3 is 0 Å². The molecule has 1 saturated carbocycles. The van der Waals surface area contributed by atoms with Gasteiger partial charge in [0.25, 0.3) is 0 Å². The number of nitrogens with zero attached hydrogens (tertiary/aromatic N) is 4. The van der Waals surface area contributed by atoms with Crippen molar-refractivity contribution in [3.05, 3.63) is 59.3 Å². The van der Waals surface area contributed by atoms with E-state index in [2.05, 4.69) is 20.6 Å². The van der Waals surface area contributed by atoms with Gasteiger partial charge < -0.3 is 5.32 Å². The average Bonchev–Trinajstić information content (AvgIpc) is 3.22. The predicted molar refractivity (Wildman–Crippen MR) is 95.8 cm³/mol. The topological polar surface area (TPSA) is 99.4 Å². The summed E-state index contributed by atoms with van der Waals surface area (Å²) in [6.07, 6.45) is 5.59. The molecular weight excluding hydrogens is 347 g/mol. The Labute approximate surface area is 154 Å². The number of carbonyl (C=O) groups is 1. The largest absolute Gasteiger partial charge is 0.309 e. The molecule has 0 bridgehead atoms. The van der Waals surface area contributed by atoms with Gasteiger partial charge in [0.05, 0.1) is 23.4 Å². The molecule has 1 fully saturated rings. The summed E-state index contributed by atoms with van der Waals surface area (Å²) < 4.78 is 15.0. The van der Waals surface area contributed by atoms with Crippen LogP contribution in [0.2, 0.25) is 0 Å². The molecule has 2 N–H and O–H groups in total. The van der Waals surface area contributed by atoms with Gasteiger partial charge in [0.15, 0.2) is 5.82 Å². The van der Waals surface area contributed by atoms with Crippen LogP contribution in [0.15, 0.2) is 36.7 Å². The Balaban J connectivity index is 1.48. The Morgan fingerprint density at radius 3 is 3.00 bits per heavy atom. The molecule has 0 aliphatic heterocycles. The van der Waals surface area contributed by atoms with Crippen molar-refractivity contribution in [3.8, 4) is 11.8 Å². The summed E-state index contributed by atoms with van der Waals surface area (Å²) in [6.45, 7) is 1.77. The molecule has 8 heteroatoms. The minimum absolute atomic E-state index is 0.0552. The van der Waals surface area contributed by atoms with Gasteiger partial charge in [-0.3, -0.25) is 9.89 Å². The molecule has 0 spiro atoms. The minimum Gasteiger partial charge on any atom is -0.309 e. The number of amides is 1. The van der Waals surface area contributed by atoms with Crippen LogP contribution in [0.1, 0.15) is 48.4 Å². The van der Waals surface area contributed by atoms with Gasteiger partial charge in [0.2, 0.25) is 5.91 Å². The molecule has 0 saturated heterocycles. The molecule has 4 rings (SSSR count). The van der Waals surface area contributed by atoms with Crippen LogP contribution in [-0.2, 0) is 4.79 Å². The quantitative estimate of drug-likeness (QED) is 0.726. The standard InChI is InChI=1S/C19H17FN6O/c1-11(19(27)23-18-7-17(24-25-18)12-2-3-12)14-9-22-26(10-14)15-4-5-16(20)13(6-15)8-21/h4-7,9-12H,2-3H2,1H3,(H2,23,24,25,27). The van der Waals surface area contributed by atoms with E-state index in [1.54, 1.807) is 25.4 Å². The van der Waals surface area contributed by atoms with Crippen LogP contribution in [0.5, 0.6) is 0 Å². The second kappa shape index (κ2) is 6.68. The first-order valence-corrected chi connectivity index (χ1v) is 8.66. The highest BCUT2D eigenvalue weighted by Gasteiger charge is 2.26. The SMILES string of the molecule is CC(C(=O)Nc1cc(C2CC2)[nH]n1)c1cnn(-c2ccc(F)c(C#N)c2)c1. The van der Waals surface area contributed by atoms with Crippen LogP contribution in [0, 0.1) is 17.1 Å². The molecular formula is C19H17FN6O. The summed E-state index contributed by atoms with van der Waals surface area (Å²) in [7, 11) is 0. The number of anilines is 1. The molecule has 2 aromatic heterocycles. The van der Waals surface area contributed by atoms with Crippen LogP contribution in [0.4, 0.5) is 10.2 Å². The van der Waals surface area contributed by atoms with Gasteiger partial charge in [0, 0.05) is 29.4 Å². The third-order valence-corrected chi connectivity index (χ3v) is 4.70. The Morgan fingerprint density at radius 2 is 2.26 bits per heavy atom. The van der Waals surface area contributed by atoms with Gasteiger partial charge in [-0.15, -0.1) is 0 Å². The number of halogens is 1. The maximum absolute atomic E-state index is 13.5. The van der Waals surface area contributed by atoms with Crippen molar-refractivity contribution < 1.29 is 9.18 Å². The summed E-state index contributed by atoms with van der Waals surface area (Å²) in [5.41, 5.74) is 2.25. The first-order chi connectivity index (χ1) is 13.0. The average molecular weight is 364 g/mol. The van der Waals surface area contributed by atoms with E-state index in [4.69, 9.17) is 5.26 Å². The summed E-state index contributed by atoms with van der Waals surface area (Å²) in [6, 6.07) is 7.84. The molecule has 136 valence electrons. The van der Waals surface area contributed by atoms with Crippen molar-refractivity contribution >= 4 is 11.7 Å². The number of carbonyl (C=O) groups excluding carboxylic acids is 1. The number of hydrogen-bond donors (Lipinski definition) is 2. The highest BCUT2D eigenvalue weighted by Crippen LogP contribution is 2.39. The first kappa shape index (κ1) is 17.0. The normalized spacial score (nSPS) is 14.6. The van der Waals surface area contributed by atoms with E-state index in [1.807, 2.05) is 6.07 Å². The summed E-state index contributed by atoms with van der Waals surface area (Å²) >= 11 is 0. The van der Waals surface area contributed by atoms with Crippen molar-refractivity contribution in [2.75, 3.05) is 5.32 Å². The molecule has 1 aromatic carbocycles. The Hall–Kier alpha value is -3.47. The molecule has 1 amide bonds. The van der Waals surface area contributed by atoms with E-state index in [0.29, 0.717) is 23.0 Å². The summed E-state index contributed by atoms with van der Waals surface area (Å²) in [5, 5.41) is 23.1. The smallest absolute Gasteiger partial charge is 0.232 e. The fourth-order valence-electron chi connectivity index (χ4n) is 2.83. The monoisotopic (exact) mass is 364 g/mol. The maximum atomic E-state index is 13.5. The zero-order chi connectivity index (χ0) is 19.0. The molecule has 1 aliphatic rings. The fourth-order valence-corrected chi connectivity index (χ4v) is 2.83. The van der Waals surface area contributed by atoms with E-state index in [1.165, 1.54) is 22.9 Å². The van der Waals surface area contributed by atoms with E-state index < -0.39 is 11.7 Å². The number of aromatic amines is 1. The molecule has 0 radical (unpaired) electrons.